The van der Waals surface area contributed by atoms with E-state index in [0.717, 1.165) is 11.3 Å². The Morgan fingerprint density at radius 3 is 2.79 bits per heavy atom. The summed E-state index contributed by atoms with van der Waals surface area (Å²) in [6, 6.07) is 0. The molecule has 24 heavy (non-hydrogen) atoms. The van der Waals surface area contributed by atoms with Gasteiger partial charge in [0.25, 0.3) is 5.91 Å². The highest BCUT2D eigenvalue weighted by molar-refractivity contribution is 5.99. The van der Waals surface area contributed by atoms with Crippen LogP contribution in [0.1, 0.15) is 48.9 Å². The van der Waals surface area contributed by atoms with Crippen molar-refractivity contribution in [2.24, 2.45) is 5.41 Å². The molecular formula is C16H23N3O5. The highest BCUT2D eigenvalue weighted by Gasteiger charge is 2.67. The second-order valence-corrected chi connectivity index (χ2v) is 6.74. The molecule has 8 nitrogen and oxygen atoms in total. The van der Waals surface area contributed by atoms with Crippen LogP contribution < -0.4 is 5.32 Å². The number of nitrogens with one attached hydrogen (secondary N) is 2. The molecule has 2 N–H and O–H groups in total. The Morgan fingerprint density at radius 2 is 2.17 bits per heavy atom. The zero-order valence-corrected chi connectivity index (χ0v) is 14.4. The van der Waals surface area contributed by atoms with Crippen LogP contribution in [-0.4, -0.2) is 47.4 Å². The number of ether oxygens (including phenoxy) is 3. The molecule has 2 atom stereocenters. The second kappa shape index (κ2) is 5.86. The van der Waals surface area contributed by atoms with E-state index in [1.807, 2.05) is 20.8 Å². The van der Waals surface area contributed by atoms with Crippen molar-refractivity contribution in [2.45, 2.75) is 52.0 Å². The number of nitrogens with zero attached hydrogens (tertiary/aromatic N) is 1. The summed E-state index contributed by atoms with van der Waals surface area (Å²) >= 11 is 0. The summed E-state index contributed by atoms with van der Waals surface area (Å²) in [7, 11) is 1.32. The summed E-state index contributed by atoms with van der Waals surface area (Å²) in [4.78, 5) is 25.2. The second-order valence-electron chi connectivity index (χ2n) is 6.74. The van der Waals surface area contributed by atoms with Crippen LogP contribution in [0.25, 0.3) is 0 Å². The van der Waals surface area contributed by atoms with Gasteiger partial charge in [-0.1, -0.05) is 13.8 Å². The molecule has 2 aliphatic rings. The molecule has 0 bridgehead atoms. The van der Waals surface area contributed by atoms with Crippen LogP contribution >= 0.6 is 0 Å². The van der Waals surface area contributed by atoms with Gasteiger partial charge in [-0.05, 0) is 6.92 Å². The molecule has 1 saturated carbocycles. The summed E-state index contributed by atoms with van der Waals surface area (Å²) in [6.45, 7) is 6.99. The number of amides is 1. The number of fused-ring (bicyclic) bond motifs is 1. The third-order valence-corrected chi connectivity index (χ3v) is 5.29. The molecule has 1 aliphatic heterocycles. The van der Waals surface area contributed by atoms with E-state index >= 15 is 0 Å². The lowest BCUT2D eigenvalue weighted by molar-refractivity contribution is -0.193. The maximum absolute atomic E-state index is 12.7. The number of methoxy groups -OCH3 is 1. The molecule has 2 heterocycles. The highest BCUT2D eigenvalue weighted by atomic mass is 16.5. The van der Waals surface area contributed by atoms with E-state index in [-0.39, 0.29) is 11.8 Å². The first-order chi connectivity index (χ1) is 11.4. The lowest BCUT2D eigenvalue weighted by atomic mass is 9.54. The minimum Gasteiger partial charge on any atom is -0.467 e. The molecule has 0 unspecified atom stereocenters. The topological polar surface area (TPSA) is 103 Å². The van der Waals surface area contributed by atoms with Crippen LogP contribution in [0.3, 0.4) is 0 Å². The minimum absolute atomic E-state index is 0.130. The molecule has 1 aliphatic carbocycles. The Bertz CT molecular complexity index is 669. The fourth-order valence-electron chi connectivity index (χ4n) is 3.56. The largest absolute Gasteiger partial charge is 0.467 e. The summed E-state index contributed by atoms with van der Waals surface area (Å²) in [5, 5.41) is 9.73. The van der Waals surface area contributed by atoms with Crippen molar-refractivity contribution >= 4 is 11.9 Å². The number of rotatable bonds is 5. The molecule has 132 valence electrons. The summed E-state index contributed by atoms with van der Waals surface area (Å²) in [5.41, 5.74) is 0.0749. The van der Waals surface area contributed by atoms with E-state index in [1.165, 1.54) is 7.11 Å². The van der Waals surface area contributed by atoms with Gasteiger partial charge < -0.3 is 19.5 Å². The van der Waals surface area contributed by atoms with Crippen LogP contribution in [0, 0.1) is 5.41 Å². The number of aromatic amines is 1. The molecule has 1 aromatic rings. The predicted octanol–water partition coefficient (Wildman–Crippen LogP) is 0.916. The first kappa shape index (κ1) is 16.9. The van der Waals surface area contributed by atoms with Gasteiger partial charge in [0.2, 0.25) is 0 Å². The first-order valence-electron chi connectivity index (χ1n) is 8.03. The fraction of sp³-hybridized carbons (Fsp3) is 0.688. The maximum atomic E-state index is 12.7. The summed E-state index contributed by atoms with van der Waals surface area (Å²) in [6.07, 6.45) is 0.241. The van der Waals surface area contributed by atoms with Crippen molar-refractivity contribution in [2.75, 3.05) is 13.7 Å². The average Bonchev–Trinajstić information content (AvgIpc) is 3.15. The SMILES string of the molecule is CCO[C@@H]1C[C@@](NC(=O)c2n[nH]c3c2COC3)(C(=O)OC)C1(C)C. The van der Waals surface area contributed by atoms with E-state index in [1.54, 1.807) is 0 Å². The molecule has 3 rings (SSSR count). The van der Waals surface area contributed by atoms with Gasteiger partial charge in [-0.15, -0.1) is 0 Å². The molecule has 0 saturated heterocycles. The van der Waals surface area contributed by atoms with Crippen LogP contribution in [0.2, 0.25) is 0 Å². The number of carbonyl (C=O) groups is 2. The van der Waals surface area contributed by atoms with Crippen molar-refractivity contribution < 1.29 is 23.8 Å². The van der Waals surface area contributed by atoms with Crippen molar-refractivity contribution in [3.8, 4) is 0 Å². The number of esters is 1. The van der Waals surface area contributed by atoms with Gasteiger partial charge in [0.05, 0.1) is 32.1 Å². The Hall–Kier alpha value is -1.93. The van der Waals surface area contributed by atoms with Crippen LogP contribution in [-0.2, 0) is 32.2 Å². The van der Waals surface area contributed by atoms with Crippen molar-refractivity contribution in [1.82, 2.24) is 15.5 Å². The van der Waals surface area contributed by atoms with Crippen molar-refractivity contribution in [3.05, 3.63) is 17.0 Å². The fourth-order valence-corrected chi connectivity index (χ4v) is 3.56. The molecule has 0 spiro atoms. The van der Waals surface area contributed by atoms with Crippen LogP contribution in [0.15, 0.2) is 0 Å². The van der Waals surface area contributed by atoms with Crippen molar-refractivity contribution in [3.63, 3.8) is 0 Å². The number of H-pyrrole nitrogens is 1. The Labute approximate surface area is 140 Å². The first-order valence-corrected chi connectivity index (χ1v) is 8.03. The third kappa shape index (κ3) is 2.24. The van der Waals surface area contributed by atoms with Gasteiger partial charge in [-0.2, -0.15) is 5.10 Å². The lowest BCUT2D eigenvalue weighted by Gasteiger charge is -2.58. The van der Waals surface area contributed by atoms with Gasteiger partial charge in [0.15, 0.2) is 5.69 Å². The lowest BCUT2D eigenvalue weighted by Crippen LogP contribution is -2.76. The quantitative estimate of drug-likeness (QED) is 0.775. The van der Waals surface area contributed by atoms with E-state index in [2.05, 4.69) is 15.5 Å². The number of carbonyl (C=O) groups excluding carboxylic acids is 2. The minimum atomic E-state index is -1.13. The van der Waals surface area contributed by atoms with Crippen molar-refractivity contribution in [1.29, 1.82) is 0 Å². The highest BCUT2D eigenvalue weighted by Crippen LogP contribution is 2.52. The normalized spacial score (nSPS) is 27.2. The number of hydrogen-bond donors (Lipinski definition) is 2. The monoisotopic (exact) mass is 337 g/mol. The molecular weight excluding hydrogens is 314 g/mol. The molecule has 1 aromatic heterocycles. The van der Waals surface area contributed by atoms with E-state index in [0.29, 0.717) is 26.2 Å². The van der Waals surface area contributed by atoms with Crippen LogP contribution in [0.4, 0.5) is 0 Å². The average molecular weight is 337 g/mol. The smallest absolute Gasteiger partial charge is 0.332 e. The Morgan fingerprint density at radius 1 is 1.42 bits per heavy atom. The number of hydrogen-bond acceptors (Lipinski definition) is 6. The van der Waals surface area contributed by atoms with Gasteiger partial charge in [-0.3, -0.25) is 9.89 Å². The summed E-state index contributed by atoms with van der Waals surface area (Å²) in [5.74, 6) is -0.883. The Kier molecular flexibility index (Phi) is 4.13. The van der Waals surface area contributed by atoms with Gasteiger partial charge in [0, 0.05) is 24.0 Å². The maximum Gasteiger partial charge on any atom is 0.332 e. The van der Waals surface area contributed by atoms with Crippen LogP contribution in [0.5, 0.6) is 0 Å². The zero-order valence-electron chi connectivity index (χ0n) is 14.4. The van der Waals surface area contributed by atoms with Gasteiger partial charge >= 0.3 is 5.97 Å². The Balaban J connectivity index is 1.86. The third-order valence-electron chi connectivity index (χ3n) is 5.29. The molecule has 1 amide bonds. The van der Waals surface area contributed by atoms with Gasteiger partial charge in [0.1, 0.15) is 5.54 Å². The summed E-state index contributed by atoms with van der Waals surface area (Å²) < 4.78 is 16.0. The predicted molar refractivity (Wildman–Crippen MR) is 83.1 cm³/mol. The zero-order chi connectivity index (χ0) is 17.5. The van der Waals surface area contributed by atoms with E-state index in [9.17, 15) is 9.59 Å². The molecule has 8 heteroatoms. The van der Waals surface area contributed by atoms with Gasteiger partial charge in [-0.25, -0.2) is 4.79 Å². The standard InChI is InChI=1S/C16H23N3O5/c1-5-24-11-6-16(14(21)22-4,15(11,2)3)17-13(20)12-9-7-23-8-10(9)18-19-12/h11H,5-8H2,1-4H3,(H,17,20)(H,18,19)/t11-,16-/m1/s1. The molecule has 0 radical (unpaired) electrons. The van der Waals surface area contributed by atoms with E-state index in [4.69, 9.17) is 14.2 Å². The molecule has 1 fully saturated rings. The van der Waals surface area contributed by atoms with E-state index < -0.39 is 22.8 Å². The molecule has 0 aromatic carbocycles. The number of aromatic nitrogens is 2.